The molecular weight excluding hydrogens is 206 g/mol. The highest BCUT2D eigenvalue weighted by Gasteiger charge is 2.18. The molecule has 0 fully saturated rings. The van der Waals surface area contributed by atoms with Crippen LogP contribution in [0.2, 0.25) is 0 Å². The second-order valence-electron chi connectivity index (χ2n) is 3.86. The zero-order valence-corrected chi connectivity index (χ0v) is 10.6. The Morgan fingerprint density at radius 3 is 2.67 bits per heavy atom. The Labute approximate surface area is 96.6 Å². The van der Waals surface area contributed by atoms with Crippen molar-refractivity contribution in [1.29, 1.82) is 0 Å². The van der Waals surface area contributed by atoms with Crippen LogP contribution < -0.4 is 5.73 Å². The summed E-state index contributed by atoms with van der Waals surface area (Å²) in [6.07, 6.45) is 5.11. The number of furan rings is 1. The molecule has 2 nitrogen and oxygen atoms in total. The molecule has 1 rings (SSSR count). The molecule has 1 aromatic rings. The first-order chi connectivity index (χ1) is 7.19. The van der Waals surface area contributed by atoms with Gasteiger partial charge >= 0.3 is 0 Å². The second kappa shape index (κ2) is 6.23. The van der Waals surface area contributed by atoms with Crippen molar-refractivity contribution >= 4 is 11.8 Å². The summed E-state index contributed by atoms with van der Waals surface area (Å²) in [7, 11) is 0. The Morgan fingerprint density at radius 1 is 1.47 bits per heavy atom. The van der Waals surface area contributed by atoms with Gasteiger partial charge in [0.2, 0.25) is 0 Å². The maximum absolute atomic E-state index is 6.15. The Morgan fingerprint density at radius 2 is 2.20 bits per heavy atom. The van der Waals surface area contributed by atoms with Gasteiger partial charge in [0, 0.05) is 16.2 Å². The summed E-state index contributed by atoms with van der Waals surface area (Å²) in [4.78, 5) is 1.23. The molecule has 2 N–H and O–H groups in total. The van der Waals surface area contributed by atoms with E-state index in [4.69, 9.17) is 10.2 Å². The highest BCUT2D eigenvalue weighted by molar-refractivity contribution is 8.00. The molecule has 2 unspecified atom stereocenters. The summed E-state index contributed by atoms with van der Waals surface area (Å²) < 4.78 is 5.29. The van der Waals surface area contributed by atoms with Crippen LogP contribution in [0.1, 0.15) is 38.9 Å². The quantitative estimate of drug-likeness (QED) is 0.755. The third-order valence-corrected chi connectivity index (χ3v) is 4.25. The van der Waals surface area contributed by atoms with Gasteiger partial charge in [0.05, 0.1) is 6.26 Å². The summed E-state index contributed by atoms with van der Waals surface area (Å²) >= 11 is 1.85. The van der Waals surface area contributed by atoms with Gasteiger partial charge in [0.15, 0.2) is 0 Å². The van der Waals surface area contributed by atoms with Crippen molar-refractivity contribution in [2.45, 2.75) is 56.2 Å². The van der Waals surface area contributed by atoms with E-state index in [1.54, 1.807) is 6.26 Å². The molecule has 0 bridgehead atoms. The van der Waals surface area contributed by atoms with Crippen LogP contribution in [0.25, 0.3) is 0 Å². The minimum absolute atomic E-state index is 0.291. The van der Waals surface area contributed by atoms with Crippen LogP contribution in [0.3, 0.4) is 0 Å². The highest BCUT2D eigenvalue weighted by atomic mass is 32.2. The van der Waals surface area contributed by atoms with Crippen molar-refractivity contribution in [3.8, 4) is 0 Å². The molecule has 3 heteroatoms. The van der Waals surface area contributed by atoms with E-state index in [1.165, 1.54) is 4.90 Å². The molecule has 15 heavy (non-hydrogen) atoms. The molecular formula is C12H21NOS. The van der Waals surface area contributed by atoms with Gasteiger partial charge in [0.25, 0.3) is 0 Å². The fourth-order valence-electron chi connectivity index (χ4n) is 1.65. The van der Waals surface area contributed by atoms with Crippen molar-refractivity contribution < 1.29 is 4.42 Å². The zero-order valence-electron chi connectivity index (χ0n) is 9.82. The Hall–Kier alpha value is -0.410. The minimum atomic E-state index is 0.291. The van der Waals surface area contributed by atoms with E-state index in [-0.39, 0.29) is 0 Å². The first-order valence-corrected chi connectivity index (χ1v) is 6.53. The molecule has 0 aromatic carbocycles. The molecule has 86 valence electrons. The summed E-state index contributed by atoms with van der Waals surface area (Å²) in [5.74, 6) is 1.00. The van der Waals surface area contributed by atoms with Gasteiger partial charge in [-0.05, 0) is 25.8 Å². The predicted molar refractivity (Wildman–Crippen MR) is 66.3 cm³/mol. The molecule has 0 aliphatic rings. The molecule has 0 aliphatic carbocycles. The number of thioether (sulfide) groups is 1. The van der Waals surface area contributed by atoms with Crippen molar-refractivity contribution in [2.24, 2.45) is 5.73 Å². The number of hydrogen-bond acceptors (Lipinski definition) is 3. The average Bonchev–Trinajstić information content (AvgIpc) is 2.61. The van der Waals surface area contributed by atoms with Gasteiger partial charge in [-0.2, -0.15) is 0 Å². The fourth-order valence-corrected chi connectivity index (χ4v) is 2.80. The van der Waals surface area contributed by atoms with Gasteiger partial charge in [-0.3, -0.25) is 0 Å². The minimum Gasteiger partial charge on any atom is -0.468 e. The van der Waals surface area contributed by atoms with Gasteiger partial charge in [-0.1, -0.05) is 20.3 Å². The van der Waals surface area contributed by atoms with Crippen LogP contribution in [0.15, 0.2) is 21.6 Å². The van der Waals surface area contributed by atoms with Crippen molar-refractivity contribution in [3.05, 3.63) is 18.1 Å². The Bertz CT molecular complexity index is 285. The summed E-state index contributed by atoms with van der Waals surface area (Å²) in [5, 5.41) is 0.501. The van der Waals surface area contributed by atoms with Crippen LogP contribution in [0.4, 0.5) is 0 Å². The number of rotatable bonds is 6. The second-order valence-corrected chi connectivity index (χ2v) is 5.14. The Balaban J connectivity index is 2.57. The molecule has 1 aromatic heterocycles. The number of nitrogens with two attached hydrogens (primary N) is 1. The third-order valence-electron chi connectivity index (χ3n) is 2.59. The molecule has 0 saturated heterocycles. The van der Waals surface area contributed by atoms with Crippen LogP contribution in [-0.2, 0) is 0 Å². The summed E-state index contributed by atoms with van der Waals surface area (Å²) in [6.45, 7) is 6.38. The summed E-state index contributed by atoms with van der Waals surface area (Å²) in [6, 6.07) is 2.32. The first kappa shape index (κ1) is 12.7. The van der Waals surface area contributed by atoms with Crippen molar-refractivity contribution in [3.63, 3.8) is 0 Å². The molecule has 1 heterocycles. The lowest BCUT2D eigenvalue weighted by atomic mass is 10.1. The highest BCUT2D eigenvalue weighted by Crippen LogP contribution is 2.31. The van der Waals surface area contributed by atoms with Crippen LogP contribution in [0, 0.1) is 6.92 Å². The number of aryl methyl sites for hydroxylation is 1. The third kappa shape index (κ3) is 3.58. The molecule has 0 saturated carbocycles. The largest absolute Gasteiger partial charge is 0.468 e. The summed E-state index contributed by atoms with van der Waals surface area (Å²) in [5.41, 5.74) is 6.15. The van der Waals surface area contributed by atoms with Crippen LogP contribution in [-0.4, -0.2) is 11.3 Å². The van der Waals surface area contributed by atoms with E-state index < -0.39 is 0 Å². The van der Waals surface area contributed by atoms with Gasteiger partial charge < -0.3 is 10.2 Å². The van der Waals surface area contributed by atoms with Crippen LogP contribution >= 0.6 is 11.8 Å². The van der Waals surface area contributed by atoms with Crippen molar-refractivity contribution in [1.82, 2.24) is 0 Å². The predicted octanol–water partition coefficient (Wildman–Crippen LogP) is 3.59. The topological polar surface area (TPSA) is 39.2 Å². The molecule has 0 aliphatic heterocycles. The lowest BCUT2D eigenvalue weighted by Crippen LogP contribution is -2.31. The SMILES string of the molecule is CCCC(N)C(CC)Sc1ccoc1C. The van der Waals surface area contributed by atoms with E-state index in [2.05, 4.69) is 13.8 Å². The standard InChI is InChI=1S/C12H21NOS/c1-4-6-10(13)11(5-2)15-12-7-8-14-9(12)3/h7-8,10-11H,4-6,13H2,1-3H3. The van der Waals surface area contributed by atoms with E-state index in [9.17, 15) is 0 Å². The molecule has 2 atom stereocenters. The maximum atomic E-state index is 6.15. The normalized spacial score (nSPS) is 15.2. The molecule has 0 amide bonds. The van der Waals surface area contributed by atoms with E-state index in [0.29, 0.717) is 11.3 Å². The number of hydrogen-bond donors (Lipinski definition) is 1. The average molecular weight is 227 g/mol. The zero-order chi connectivity index (χ0) is 11.3. The van der Waals surface area contributed by atoms with Gasteiger partial charge in [-0.15, -0.1) is 11.8 Å². The smallest absolute Gasteiger partial charge is 0.114 e. The maximum Gasteiger partial charge on any atom is 0.114 e. The lowest BCUT2D eigenvalue weighted by Gasteiger charge is -2.21. The van der Waals surface area contributed by atoms with Crippen LogP contribution in [0.5, 0.6) is 0 Å². The molecule has 0 radical (unpaired) electrons. The van der Waals surface area contributed by atoms with E-state index in [1.807, 2.05) is 24.8 Å². The van der Waals surface area contributed by atoms with Gasteiger partial charge in [-0.25, -0.2) is 0 Å². The molecule has 0 spiro atoms. The van der Waals surface area contributed by atoms with Gasteiger partial charge in [0.1, 0.15) is 5.76 Å². The van der Waals surface area contributed by atoms with E-state index >= 15 is 0 Å². The van der Waals surface area contributed by atoms with E-state index in [0.717, 1.165) is 25.0 Å². The lowest BCUT2D eigenvalue weighted by molar-refractivity contribution is 0.526. The fraction of sp³-hybridized carbons (Fsp3) is 0.667. The Kier molecular flexibility index (Phi) is 5.26. The van der Waals surface area contributed by atoms with Crippen molar-refractivity contribution in [2.75, 3.05) is 0 Å². The first-order valence-electron chi connectivity index (χ1n) is 5.65. The monoisotopic (exact) mass is 227 g/mol.